The lowest BCUT2D eigenvalue weighted by atomic mass is 10.1. The molecule has 27 heavy (non-hydrogen) atoms. The summed E-state index contributed by atoms with van der Waals surface area (Å²) in [7, 11) is 0. The van der Waals surface area contributed by atoms with Gasteiger partial charge in [-0.25, -0.2) is 0 Å². The van der Waals surface area contributed by atoms with E-state index < -0.39 is 0 Å². The van der Waals surface area contributed by atoms with Gasteiger partial charge in [0.15, 0.2) is 0 Å². The number of rotatable bonds is 2. The zero-order chi connectivity index (χ0) is 18.5. The average Bonchev–Trinajstić information content (AvgIpc) is 2.98. The van der Waals surface area contributed by atoms with E-state index in [1.807, 2.05) is 0 Å². The van der Waals surface area contributed by atoms with Crippen LogP contribution in [0.15, 0.2) is 66.7 Å². The molecule has 2 aromatic heterocycles. The van der Waals surface area contributed by atoms with Gasteiger partial charge in [-0.15, -0.1) is 0 Å². The summed E-state index contributed by atoms with van der Waals surface area (Å²) in [5, 5.41) is 5.20. The molecule has 0 fully saturated rings. The largest absolute Gasteiger partial charge is 0.334 e. The molecule has 132 valence electrons. The molecule has 0 spiro atoms. The molecule has 0 atom stereocenters. The van der Waals surface area contributed by atoms with E-state index >= 15 is 0 Å². The van der Waals surface area contributed by atoms with E-state index in [9.17, 15) is 0 Å². The highest BCUT2D eigenvalue weighted by molar-refractivity contribution is 6.17. The molecule has 0 saturated heterocycles. The molecule has 2 heteroatoms. The standard InChI is InChI=1S/C25H22N2/c1-16-8-12-22-23-13-10-19-6-4-5-7-21(19)25(23)27(24(22)14-16)15-20-11-9-17(2)18(3)26-20/h4-14H,15H2,1-3H3. The van der Waals surface area contributed by atoms with Crippen molar-refractivity contribution in [3.63, 3.8) is 0 Å². The lowest BCUT2D eigenvalue weighted by Crippen LogP contribution is -2.03. The van der Waals surface area contributed by atoms with Crippen LogP contribution in [0.25, 0.3) is 32.6 Å². The number of hydrogen-bond acceptors (Lipinski definition) is 1. The number of nitrogens with zero attached hydrogens (tertiary/aromatic N) is 2. The summed E-state index contributed by atoms with van der Waals surface area (Å²) in [5.41, 5.74) is 7.31. The van der Waals surface area contributed by atoms with E-state index in [0.717, 1.165) is 17.9 Å². The number of aryl methyl sites for hydroxylation is 3. The quantitative estimate of drug-likeness (QED) is 0.364. The first-order chi connectivity index (χ1) is 13.1. The third-order valence-electron chi connectivity index (χ3n) is 5.63. The smallest absolute Gasteiger partial charge is 0.0654 e. The minimum absolute atomic E-state index is 0.776. The Labute approximate surface area is 159 Å². The first kappa shape index (κ1) is 16.1. The number of hydrogen-bond donors (Lipinski definition) is 0. The summed E-state index contributed by atoms with van der Waals surface area (Å²) < 4.78 is 2.44. The monoisotopic (exact) mass is 350 g/mol. The molecule has 0 radical (unpaired) electrons. The molecule has 0 unspecified atom stereocenters. The molecule has 0 amide bonds. The van der Waals surface area contributed by atoms with Gasteiger partial charge >= 0.3 is 0 Å². The van der Waals surface area contributed by atoms with Gasteiger partial charge in [-0.1, -0.05) is 54.6 Å². The first-order valence-corrected chi connectivity index (χ1v) is 9.45. The molecule has 0 saturated carbocycles. The fourth-order valence-electron chi connectivity index (χ4n) is 4.07. The van der Waals surface area contributed by atoms with Crippen LogP contribution >= 0.6 is 0 Å². The van der Waals surface area contributed by atoms with Crippen LogP contribution in [0.3, 0.4) is 0 Å². The van der Waals surface area contributed by atoms with Crippen LogP contribution in [0.2, 0.25) is 0 Å². The van der Waals surface area contributed by atoms with Crippen LogP contribution in [-0.4, -0.2) is 9.55 Å². The van der Waals surface area contributed by atoms with E-state index in [0.29, 0.717) is 0 Å². The minimum atomic E-state index is 0.776. The Bertz CT molecular complexity index is 1330. The molecule has 0 aliphatic carbocycles. The molecule has 2 heterocycles. The van der Waals surface area contributed by atoms with E-state index in [-0.39, 0.29) is 0 Å². The van der Waals surface area contributed by atoms with E-state index in [1.165, 1.54) is 43.7 Å². The maximum absolute atomic E-state index is 4.84. The van der Waals surface area contributed by atoms with Crippen molar-refractivity contribution in [2.45, 2.75) is 27.3 Å². The van der Waals surface area contributed by atoms with Crippen LogP contribution in [0.1, 0.15) is 22.5 Å². The molecule has 0 aliphatic rings. The highest BCUT2D eigenvalue weighted by Gasteiger charge is 2.14. The predicted molar refractivity (Wildman–Crippen MR) is 115 cm³/mol. The van der Waals surface area contributed by atoms with Gasteiger partial charge in [0.25, 0.3) is 0 Å². The van der Waals surface area contributed by atoms with Gasteiger partial charge in [-0.2, -0.15) is 0 Å². The number of aromatic nitrogens is 2. The summed E-state index contributed by atoms with van der Waals surface area (Å²) in [6, 6.07) is 24.2. The molecule has 0 N–H and O–H groups in total. The second-order valence-electron chi connectivity index (χ2n) is 7.49. The van der Waals surface area contributed by atoms with E-state index in [1.54, 1.807) is 0 Å². The highest BCUT2D eigenvalue weighted by Crippen LogP contribution is 2.35. The molecule has 5 rings (SSSR count). The molecule has 2 nitrogen and oxygen atoms in total. The van der Waals surface area contributed by atoms with Crippen molar-refractivity contribution in [3.8, 4) is 0 Å². The average molecular weight is 350 g/mol. The minimum Gasteiger partial charge on any atom is -0.334 e. The summed E-state index contributed by atoms with van der Waals surface area (Å²) in [4.78, 5) is 4.84. The molecule has 5 aromatic rings. The van der Waals surface area contributed by atoms with E-state index in [2.05, 4.69) is 92.1 Å². The summed E-state index contributed by atoms with van der Waals surface area (Å²) in [6.07, 6.45) is 0. The van der Waals surface area contributed by atoms with Crippen molar-refractivity contribution >= 4 is 32.6 Å². The third kappa shape index (κ3) is 2.52. The van der Waals surface area contributed by atoms with Crippen molar-refractivity contribution in [1.29, 1.82) is 0 Å². The molecular formula is C25H22N2. The lowest BCUT2D eigenvalue weighted by Gasteiger charge is -2.11. The third-order valence-corrected chi connectivity index (χ3v) is 5.63. The normalized spacial score (nSPS) is 11.7. The first-order valence-electron chi connectivity index (χ1n) is 9.45. The van der Waals surface area contributed by atoms with Gasteiger partial charge in [0.2, 0.25) is 0 Å². The SMILES string of the molecule is Cc1ccc2c3ccc4ccccc4c3n(Cc3ccc(C)c(C)n3)c2c1. The summed E-state index contributed by atoms with van der Waals surface area (Å²) in [6.45, 7) is 7.14. The van der Waals surface area contributed by atoms with Gasteiger partial charge in [-0.05, 0) is 49.4 Å². The Morgan fingerprint density at radius 2 is 1.59 bits per heavy atom. The van der Waals surface area contributed by atoms with Crippen LogP contribution < -0.4 is 0 Å². The van der Waals surface area contributed by atoms with Gasteiger partial charge in [0, 0.05) is 27.4 Å². The van der Waals surface area contributed by atoms with Gasteiger partial charge in [0.05, 0.1) is 17.8 Å². The van der Waals surface area contributed by atoms with Crippen molar-refractivity contribution < 1.29 is 0 Å². The van der Waals surface area contributed by atoms with Crippen molar-refractivity contribution in [3.05, 3.63) is 89.2 Å². The Morgan fingerprint density at radius 1 is 0.778 bits per heavy atom. The topological polar surface area (TPSA) is 17.8 Å². The van der Waals surface area contributed by atoms with Crippen LogP contribution in [0.4, 0.5) is 0 Å². The van der Waals surface area contributed by atoms with Crippen LogP contribution in [0, 0.1) is 20.8 Å². The number of benzene rings is 3. The maximum Gasteiger partial charge on any atom is 0.0654 e. The second kappa shape index (κ2) is 5.95. The number of fused-ring (bicyclic) bond motifs is 5. The zero-order valence-electron chi connectivity index (χ0n) is 16.0. The fourth-order valence-corrected chi connectivity index (χ4v) is 4.07. The van der Waals surface area contributed by atoms with Crippen LogP contribution in [-0.2, 0) is 6.54 Å². The Morgan fingerprint density at radius 3 is 2.44 bits per heavy atom. The summed E-state index contributed by atoms with van der Waals surface area (Å²) in [5.74, 6) is 0. The second-order valence-corrected chi connectivity index (χ2v) is 7.49. The lowest BCUT2D eigenvalue weighted by molar-refractivity contribution is 0.828. The van der Waals surface area contributed by atoms with E-state index in [4.69, 9.17) is 4.98 Å². The molecule has 0 aliphatic heterocycles. The van der Waals surface area contributed by atoms with Gasteiger partial charge < -0.3 is 4.57 Å². The maximum atomic E-state index is 4.84. The fraction of sp³-hybridized carbons (Fsp3) is 0.160. The van der Waals surface area contributed by atoms with Crippen molar-refractivity contribution in [2.75, 3.05) is 0 Å². The molecular weight excluding hydrogens is 328 g/mol. The van der Waals surface area contributed by atoms with Gasteiger partial charge in [0.1, 0.15) is 0 Å². The van der Waals surface area contributed by atoms with Crippen molar-refractivity contribution in [2.24, 2.45) is 0 Å². The summed E-state index contributed by atoms with van der Waals surface area (Å²) >= 11 is 0. The van der Waals surface area contributed by atoms with Crippen LogP contribution in [0.5, 0.6) is 0 Å². The molecule has 3 aromatic carbocycles. The van der Waals surface area contributed by atoms with Crippen molar-refractivity contribution in [1.82, 2.24) is 9.55 Å². The van der Waals surface area contributed by atoms with Gasteiger partial charge in [-0.3, -0.25) is 4.98 Å². The Balaban J connectivity index is 1.87. The Hall–Kier alpha value is -3.13. The number of pyridine rings is 1. The molecule has 0 bridgehead atoms. The predicted octanol–water partition coefficient (Wildman–Crippen LogP) is 6.32. The Kier molecular flexibility index (Phi) is 3.54. The zero-order valence-corrected chi connectivity index (χ0v) is 16.0. The highest BCUT2D eigenvalue weighted by atomic mass is 15.0.